The number of rotatable bonds is 2. The van der Waals surface area contributed by atoms with Gasteiger partial charge in [0.2, 0.25) is 5.78 Å². The molecule has 0 unspecified atom stereocenters. The van der Waals surface area contributed by atoms with Crippen LogP contribution in [0.5, 0.6) is 5.75 Å². The molecule has 1 N–H and O–H groups in total. The van der Waals surface area contributed by atoms with Crippen molar-refractivity contribution < 1.29 is 9.90 Å². The molecule has 0 saturated carbocycles. The maximum absolute atomic E-state index is 12.8. The van der Waals surface area contributed by atoms with Crippen LogP contribution in [-0.4, -0.2) is 15.3 Å². The van der Waals surface area contributed by atoms with E-state index in [-0.39, 0.29) is 16.6 Å². The summed E-state index contributed by atoms with van der Waals surface area (Å²) in [6.45, 7) is 1.90. The molecule has 106 valence electrons. The summed E-state index contributed by atoms with van der Waals surface area (Å²) in [6, 6.07) is 10.2. The minimum Gasteiger partial charge on any atom is -0.506 e. The Morgan fingerprint density at radius 1 is 1.29 bits per heavy atom. The standard InChI is InChI=1S/C16H11BrClNO2/c1-9-14(17)12-4-2-3-7-19(12)15(9)16(21)10-5-6-13(20)11(18)8-10/h2-8,20H,1H3. The molecule has 2 aromatic heterocycles. The van der Waals surface area contributed by atoms with Crippen LogP contribution in [0, 0.1) is 6.92 Å². The molecule has 0 saturated heterocycles. The molecule has 3 nitrogen and oxygen atoms in total. The summed E-state index contributed by atoms with van der Waals surface area (Å²) in [5.74, 6) is -0.174. The number of pyridine rings is 1. The van der Waals surface area contributed by atoms with Crippen LogP contribution in [0.15, 0.2) is 47.1 Å². The second-order valence-electron chi connectivity index (χ2n) is 4.74. The van der Waals surface area contributed by atoms with Crippen molar-refractivity contribution in [2.45, 2.75) is 6.92 Å². The molecule has 3 aromatic rings. The lowest BCUT2D eigenvalue weighted by Crippen LogP contribution is -2.06. The highest BCUT2D eigenvalue weighted by Crippen LogP contribution is 2.31. The zero-order valence-electron chi connectivity index (χ0n) is 11.1. The third-order valence-electron chi connectivity index (χ3n) is 3.44. The van der Waals surface area contributed by atoms with Gasteiger partial charge in [0.1, 0.15) is 5.75 Å². The van der Waals surface area contributed by atoms with E-state index in [0.717, 1.165) is 15.6 Å². The van der Waals surface area contributed by atoms with Crippen molar-refractivity contribution in [1.29, 1.82) is 0 Å². The number of aromatic nitrogens is 1. The number of phenolic OH excluding ortho intramolecular Hbond substituents is 1. The lowest BCUT2D eigenvalue weighted by atomic mass is 10.1. The monoisotopic (exact) mass is 363 g/mol. The van der Waals surface area contributed by atoms with Gasteiger partial charge < -0.3 is 9.51 Å². The molecular weight excluding hydrogens is 354 g/mol. The summed E-state index contributed by atoms with van der Waals surface area (Å²) >= 11 is 9.42. The van der Waals surface area contributed by atoms with Crippen LogP contribution < -0.4 is 0 Å². The van der Waals surface area contributed by atoms with Crippen molar-refractivity contribution in [1.82, 2.24) is 4.40 Å². The first-order valence-electron chi connectivity index (χ1n) is 6.29. The van der Waals surface area contributed by atoms with Gasteiger partial charge in [-0.05, 0) is 58.7 Å². The van der Waals surface area contributed by atoms with Crippen molar-refractivity contribution in [3.63, 3.8) is 0 Å². The molecule has 21 heavy (non-hydrogen) atoms. The first-order chi connectivity index (χ1) is 10.0. The lowest BCUT2D eigenvalue weighted by Gasteiger charge is -2.05. The number of carbonyl (C=O) groups is 1. The summed E-state index contributed by atoms with van der Waals surface area (Å²) in [5, 5.41) is 9.64. The van der Waals surface area contributed by atoms with E-state index in [0.29, 0.717) is 11.3 Å². The summed E-state index contributed by atoms with van der Waals surface area (Å²) < 4.78 is 2.75. The zero-order chi connectivity index (χ0) is 15.1. The molecule has 0 spiro atoms. The Balaban J connectivity index is 2.22. The Morgan fingerprint density at radius 3 is 2.76 bits per heavy atom. The molecule has 2 heterocycles. The van der Waals surface area contributed by atoms with Crippen LogP contribution in [-0.2, 0) is 0 Å². The van der Waals surface area contributed by atoms with E-state index in [1.165, 1.54) is 12.1 Å². The molecule has 0 amide bonds. The number of hydrogen-bond donors (Lipinski definition) is 1. The van der Waals surface area contributed by atoms with Crippen LogP contribution in [0.4, 0.5) is 0 Å². The molecular formula is C16H11BrClNO2. The third kappa shape index (κ3) is 2.24. The first-order valence-corrected chi connectivity index (χ1v) is 7.46. The molecule has 0 atom stereocenters. The minimum atomic E-state index is -0.138. The smallest absolute Gasteiger partial charge is 0.210 e. The van der Waals surface area contributed by atoms with Gasteiger partial charge in [0.05, 0.1) is 16.2 Å². The number of halogens is 2. The number of aromatic hydroxyl groups is 1. The van der Waals surface area contributed by atoms with Crippen molar-refractivity contribution in [2.75, 3.05) is 0 Å². The van der Waals surface area contributed by atoms with E-state index >= 15 is 0 Å². The van der Waals surface area contributed by atoms with Gasteiger partial charge in [0.15, 0.2) is 0 Å². The Hall–Kier alpha value is -1.78. The van der Waals surface area contributed by atoms with Gasteiger partial charge in [0.25, 0.3) is 0 Å². The van der Waals surface area contributed by atoms with E-state index in [2.05, 4.69) is 15.9 Å². The molecule has 0 radical (unpaired) electrons. The van der Waals surface area contributed by atoms with Crippen molar-refractivity contribution in [2.24, 2.45) is 0 Å². The fourth-order valence-electron chi connectivity index (χ4n) is 2.36. The molecule has 1 aromatic carbocycles. The second kappa shape index (κ2) is 5.20. The van der Waals surface area contributed by atoms with Crippen LogP contribution in [0.1, 0.15) is 21.6 Å². The zero-order valence-corrected chi connectivity index (χ0v) is 13.4. The fraction of sp³-hybridized carbons (Fsp3) is 0.0625. The van der Waals surface area contributed by atoms with Crippen LogP contribution in [0.25, 0.3) is 5.52 Å². The molecule has 0 aliphatic rings. The van der Waals surface area contributed by atoms with Gasteiger partial charge in [0, 0.05) is 16.2 Å². The van der Waals surface area contributed by atoms with Gasteiger partial charge in [-0.1, -0.05) is 17.7 Å². The predicted molar refractivity (Wildman–Crippen MR) is 86.4 cm³/mol. The van der Waals surface area contributed by atoms with Crippen molar-refractivity contribution in [3.05, 3.63) is 68.9 Å². The van der Waals surface area contributed by atoms with Gasteiger partial charge in [-0.2, -0.15) is 0 Å². The van der Waals surface area contributed by atoms with E-state index < -0.39 is 0 Å². The fourth-order valence-corrected chi connectivity index (χ4v) is 3.05. The normalized spacial score (nSPS) is 11.0. The Morgan fingerprint density at radius 2 is 2.05 bits per heavy atom. The Labute approximate surface area is 134 Å². The summed E-state index contributed by atoms with van der Waals surface area (Å²) in [4.78, 5) is 12.8. The number of carbonyl (C=O) groups excluding carboxylic acids is 1. The van der Waals surface area contributed by atoms with E-state index in [1.807, 2.05) is 35.7 Å². The number of ketones is 1. The van der Waals surface area contributed by atoms with E-state index in [9.17, 15) is 9.90 Å². The first kappa shape index (κ1) is 14.2. The molecule has 0 aliphatic carbocycles. The summed E-state index contributed by atoms with van der Waals surface area (Å²) in [6.07, 6.45) is 1.85. The van der Waals surface area contributed by atoms with Crippen molar-refractivity contribution in [3.8, 4) is 5.75 Å². The highest BCUT2D eigenvalue weighted by molar-refractivity contribution is 9.10. The maximum Gasteiger partial charge on any atom is 0.210 e. The topological polar surface area (TPSA) is 41.7 Å². The molecule has 0 bridgehead atoms. The number of fused-ring (bicyclic) bond motifs is 1. The maximum atomic E-state index is 12.8. The minimum absolute atomic E-state index is 0.0360. The van der Waals surface area contributed by atoms with Gasteiger partial charge in [-0.3, -0.25) is 4.79 Å². The van der Waals surface area contributed by atoms with E-state index in [4.69, 9.17) is 11.6 Å². The van der Waals surface area contributed by atoms with Crippen LogP contribution in [0.3, 0.4) is 0 Å². The number of phenols is 1. The second-order valence-corrected chi connectivity index (χ2v) is 5.94. The van der Waals surface area contributed by atoms with Gasteiger partial charge >= 0.3 is 0 Å². The summed E-state index contributed by atoms with van der Waals surface area (Å²) in [7, 11) is 0. The lowest BCUT2D eigenvalue weighted by molar-refractivity contribution is 0.103. The summed E-state index contributed by atoms with van der Waals surface area (Å²) in [5.41, 5.74) is 2.83. The number of nitrogens with zero attached hydrogens (tertiary/aromatic N) is 1. The SMILES string of the molecule is Cc1c(Br)c2ccccn2c1C(=O)c1ccc(O)c(Cl)c1. The largest absolute Gasteiger partial charge is 0.506 e. The van der Waals surface area contributed by atoms with Crippen LogP contribution >= 0.6 is 27.5 Å². The molecule has 0 aliphatic heterocycles. The Kier molecular flexibility index (Phi) is 3.51. The quantitative estimate of drug-likeness (QED) is 0.675. The Bertz CT molecular complexity index is 870. The van der Waals surface area contributed by atoms with E-state index in [1.54, 1.807) is 6.07 Å². The predicted octanol–water partition coefficient (Wildman–Crippen LogP) is 4.60. The average molecular weight is 365 g/mol. The molecule has 5 heteroatoms. The highest BCUT2D eigenvalue weighted by Gasteiger charge is 2.20. The van der Waals surface area contributed by atoms with Gasteiger partial charge in [-0.15, -0.1) is 0 Å². The molecule has 0 fully saturated rings. The van der Waals surface area contributed by atoms with Gasteiger partial charge in [-0.25, -0.2) is 0 Å². The third-order valence-corrected chi connectivity index (χ3v) is 4.74. The number of hydrogen-bond acceptors (Lipinski definition) is 2. The highest BCUT2D eigenvalue weighted by atomic mass is 79.9. The number of benzene rings is 1. The average Bonchev–Trinajstić information content (AvgIpc) is 2.74. The van der Waals surface area contributed by atoms with Crippen molar-refractivity contribution >= 4 is 38.8 Å². The molecule has 3 rings (SSSR count). The van der Waals surface area contributed by atoms with Crippen LogP contribution in [0.2, 0.25) is 5.02 Å².